The van der Waals surface area contributed by atoms with Crippen LogP contribution >= 0.6 is 11.3 Å². The number of Topliss-reactive ketones (excluding diaryl/α,β-unsaturated/α-hetero) is 1. The van der Waals surface area contributed by atoms with E-state index in [2.05, 4.69) is 11.4 Å². The summed E-state index contributed by atoms with van der Waals surface area (Å²) in [5.74, 6) is 0.235. The van der Waals surface area contributed by atoms with E-state index in [9.17, 15) is 4.79 Å². The van der Waals surface area contributed by atoms with E-state index >= 15 is 0 Å². The molecule has 0 spiro atoms. The highest BCUT2D eigenvalue weighted by Crippen LogP contribution is 2.34. The molecule has 1 aromatic heterocycles. The molecule has 0 amide bonds. The lowest BCUT2D eigenvalue weighted by Crippen LogP contribution is -2.32. The van der Waals surface area contributed by atoms with Crippen LogP contribution in [0, 0.1) is 0 Å². The monoisotopic (exact) mass is 195 g/mol. The molecule has 0 radical (unpaired) electrons. The molecule has 1 aromatic rings. The Morgan fingerprint density at radius 3 is 2.92 bits per heavy atom. The molecule has 1 saturated carbocycles. The Labute approximate surface area is 81.8 Å². The van der Waals surface area contributed by atoms with Crippen molar-refractivity contribution in [2.45, 2.75) is 31.2 Å². The van der Waals surface area contributed by atoms with Gasteiger partial charge in [-0.25, -0.2) is 0 Å². The molecule has 0 bridgehead atoms. The number of aryl methyl sites for hydroxylation is 1. The molecule has 0 aromatic carbocycles. The first-order valence-corrected chi connectivity index (χ1v) is 5.48. The van der Waals surface area contributed by atoms with E-state index in [1.54, 1.807) is 11.3 Å². The molecule has 70 valence electrons. The topological polar surface area (TPSA) is 43.1 Å². The lowest BCUT2D eigenvalue weighted by molar-refractivity contribution is -0.121. The van der Waals surface area contributed by atoms with Crippen LogP contribution in [-0.2, 0) is 11.2 Å². The molecular weight excluding hydrogens is 182 g/mol. The molecular formula is C10H13NOS. The van der Waals surface area contributed by atoms with E-state index in [0.717, 1.165) is 19.3 Å². The second kappa shape index (κ2) is 3.24. The van der Waals surface area contributed by atoms with Gasteiger partial charge in [-0.05, 0) is 41.7 Å². The van der Waals surface area contributed by atoms with Crippen molar-refractivity contribution in [1.82, 2.24) is 0 Å². The van der Waals surface area contributed by atoms with Crippen LogP contribution < -0.4 is 5.73 Å². The maximum atomic E-state index is 11.5. The lowest BCUT2D eigenvalue weighted by Gasteiger charge is -2.05. The quantitative estimate of drug-likeness (QED) is 0.795. The largest absolute Gasteiger partial charge is 0.319 e. The Bertz CT molecular complexity index is 301. The smallest absolute Gasteiger partial charge is 0.152 e. The third-order valence-corrected chi connectivity index (χ3v) is 3.30. The van der Waals surface area contributed by atoms with Crippen LogP contribution in [0.4, 0.5) is 0 Å². The van der Waals surface area contributed by atoms with E-state index in [1.807, 2.05) is 5.38 Å². The predicted molar refractivity (Wildman–Crippen MR) is 53.8 cm³/mol. The minimum Gasteiger partial charge on any atom is -0.319 e. The Hall–Kier alpha value is -0.670. The highest BCUT2D eigenvalue weighted by molar-refractivity contribution is 7.07. The fourth-order valence-corrected chi connectivity index (χ4v) is 2.06. The Morgan fingerprint density at radius 1 is 1.62 bits per heavy atom. The third kappa shape index (κ3) is 1.98. The van der Waals surface area contributed by atoms with Crippen molar-refractivity contribution in [3.63, 3.8) is 0 Å². The summed E-state index contributed by atoms with van der Waals surface area (Å²) in [7, 11) is 0. The van der Waals surface area contributed by atoms with Crippen LogP contribution in [0.2, 0.25) is 0 Å². The molecule has 1 aliphatic rings. The van der Waals surface area contributed by atoms with Crippen molar-refractivity contribution in [3.05, 3.63) is 22.4 Å². The maximum Gasteiger partial charge on any atom is 0.152 e. The van der Waals surface area contributed by atoms with Gasteiger partial charge in [0.1, 0.15) is 0 Å². The summed E-state index contributed by atoms with van der Waals surface area (Å²) in [5, 5.41) is 4.12. The summed E-state index contributed by atoms with van der Waals surface area (Å²) < 4.78 is 0. The van der Waals surface area contributed by atoms with Crippen LogP contribution in [0.3, 0.4) is 0 Å². The number of thiophene rings is 1. The zero-order chi connectivity index (χ0) is 9.31. The highest BCUT2D eigenvalue weighted by atomic mass is 32.1. The van der Waals surface area contributed by atoms with Crippen molar-refractivity contribution in [2.24, 2.45) is 5.73 Å². The maximum absolute atomic E-state index is 11.5. The van der Waals surface area contributed by atoms with Gasteiger partial charge in [0.15, 0.2) is 5.78 Å². The van der Waals surface area contributed by atoms with Crippen LogP contribution in [0.15, 0.2) is 16.8 Å². The molecule has 3 heteroatoms. The molecule has 0 saturated heterocycles. The number of ketones is 1. The van der Waals surface area contributed by atoms with Gasteiger partial charge in [-0.2, -0.15) is 11.3 Å². The first kappa shape index (κ1) is 8.91. The number of nitrogens with two attached hydrogens (primary N) is 1. The van der Waals surface area contributed by atoms with E-state index in [-0.39, 0.29) is 5.78 Å². The molecule has 1 heterocycles. The first-order chi connectivity index (χ1) is 6.21. The van der Waals surface area contributed by atoms with Crippen molar-refractivity contribution in [3.8, 4) is 0 Å². The Kier molecular flexibility index (Phi) is 2.22. The molecule has 2 N–H and O–H groups in total. The SMILES string of the molecule is NC1(C(=O)CCc2ccsc2)CC1. The van der Waals surface area contributed by atoms with Crippen LogP contribution in [0.25, 0.3) is 0 Å². The van der Waals surface area contributed by atoms with Gasteiger partial charge in [0, 0.05) is 6.42 Å². The van der Waals surface area contributed by atoms with Crippen LogP contribution in [0.5, 0.6) is 0 Å². The van der Waals surface area contributed by atoms with Gasteiger partial charge >= 0.3 is 0 Å². The molecule has 1 fully saturated rings. The summed E-state index contributed by atoms with van der Waals surface area (Å²) in [4.78, 5) is 11.5. The molecule has 2 rings (SSSR count). The zero-order valence-electron chi connectivity index (χ0n) is 7.45. The van der Waals surface area contributed by atoms with Gasteiger partial charge in [-0.15, -0.1) is 0 Å². The van der Waals surface area contributed by atoms with E-state index in [1.165, 1.54) is 5.56 Å². The molecule has 1 aliphatic carbocycles. The summed E-state index contributed by atoms with van der Waals surface area (Å²) in [6, 6.07) is 2.06. The second-order valence-electron chi connectivity index (χ2n) is 3.71. The number of carbonyl (C=O) groups is 1. The minimum absolute atomic E-state index is 0.235. The Morgan fingerprint density at radius 2 is 2.38 bits per heavy atom. The Balaban J connectivity index is 1.83. The summed E-state index contributed by atoms with van der Waals surface area (Å²) in [6.07, 6.45) is 3.22. The van der Waals surface area contributed by atoms with E-state index < -0.39 is 5.54 Å². The van der Waals surface area contributed by atoms with Crippen LogP contribution in [0.1, 0.15) is 24.8 Å². The van der Waals surface area contributed by atoms with E-state index in [4.69, 9.17) is 5.73 Å². The van der Waals surface area contributed by atoms with Gasteiger partial charge in [-0.3, -0.25) is 4.79 Å². The molecule has 0 unspecified atom stereocenters. The number of rotatable bonds is 4. The molecule has 13 heavy (non-hydrogen) atoms. The lowest BCUT2D eigenvalue weighted by atomic mass is 10.0. The second-order valence-corrected chi connectivity index (χ2v) is 4.49. The average Bonchev–Trinajstić information content (AvgIpc) is 2.70. The number of hydrogen-bond donors (Lipinski definition) is 1. The van der Waals surface area contributed by atoms with Crippen molar-refractivity contribution in [1.29, 1.82) is 0 Å². The number of hydrogen-bond acceptors (Lipinski definition) is 3. The van der Waals surface area contributed by atoms with Gasteiger partial charge in [-0.1, -0.05) is 0 Å². The fraction of sp³-hybridized carbons (Fsp3) is 0.500. The first-order valence-electron chi connectivity index (χ1n) is 4.54. The zero-order valence-corrected chi connectivity index (χ0v) is 8.27. The fourth-order valence-electron chi connectivity index (χ4n) is 1.36. The van der Waals surface area contributed by atoms with Gasteiger partial charge in [0.05, 0.1) is 5.54 Å². The normalized spacial score (nSPS) is 18.5. The molecule has 0 aliphatic heterocycles. The number of carbonyl (C=O) groups excluding carboxylic acids is 1. The van der Waals surface area contributed by atoms with Crippen LogP contribution in [-0.4, -0.2) is 11.3 Å². The van der Waals surface area contributed by atoms with E-state index in [0.29, 0.717) is 6.42 Å². The van der Waals surface area contributed by atoms with Crippen molar-refractivity contribution >= 4 is 17.1 Å². The summed E-state index contributed by atoms with van der Waals surface area (Å²) >= 11 is 1.67. The average molecular weight is 195 g/mol. The van der Waals surface area contributed by atoms with Gasteiger partial charge in [0.2, 0.25) is 0 Å². The van der Waals surface area contributed by atoms with Gasteiger partial charge < -0.3 is 5.73 Å². The third-order valence-electron chi connectivity index (χ3n) is 2.56. The summed E-state index contributed by atoms with van der Waals surface area (Å²) in [5.41, 5.74) is 6.60. The van der Waals surface area contributed by atoms with Crippen molar-refractivity contribution in [2.75, 3.05) is 0 Å². The van der Waals surface area contributed by atoms with Crippen molar-refractivity contribution < 1.29 is 4.79 Å². The summed E-state index contributed by atoms with van der Waals surface area (Å²) in [6.45, 7) is 0. The highest BCUT2D eigenvalue weighted by Gasteiger charge is 2.44. The predicted octanol–water partition coefficient (Wildman–Crippen LogP) is 1.74. The van der Waals surface area contributed by atoms with Gasteiger partial charge in [0.25, 0.3) is 0 Å². The minimum atomic E-state index is -0.435. The molecule has 2 nitrogen and oxygen atoms in total. The molecule has 0 atom stereocenters. The standard InChI is InChI=1S/C10H13NOS/c11-10(4-5-10)9(12)2-1-8-3-6-13-7-8/h3,6-7H,1-2,4-5,11H2.